The fourth-order valence-electron chi connectivity index (χ4n) is 1.98. The maximum absolute atomic E-state index is 13.5. The summed E-state index contributed by atoms with van der Waals surface area (Å²) in [6.45, 7) is 1.85. The summed E-state index contributed by atoms with van der Waals surface area (Å²) < 4.78 is 15.7. The Labute approximate surface area is 117 Å². The van der Waals surface area contributed by atoms with Gasteiger partial charge in [0.05, 0.1) is 10.2 Å². The van der Waals surface area contributed by atoms with Crippen LogP contribution in [0.15, 0.2) is 16.6 Å². The molecule has 6 heteroatoms. The molecule has 3 nitrogen and oxygen atoms in total. The minimum atomic E-state index is -0.284. The van der Waals surface area contributed by atoms with Crippen LogP contribution in [0.5, 0.6) is 0 Å². The molecule has 1 fully saturated rings. The SMILES string of the molecule is Cc1cc(F)c(Br)cc1-n1c(Cl)nnc1C1CC1. The third-order valence-corrected chi connectivity index (χ3v) is 3.92. The Balaban J connectivity index is 2.20. The summed E-state index contributed by atoms with van der Waals surface area (Å²) in [5.41, 5.74) is 1.62. The van der Waals surface area contributed by atoms with Crippen molar-refractivity contribution in [2.24, 2.45) is 0 Å². The summed E-state index contributed by atoms with van der Waals surface area (Å²) in [7, 11) is 0. The van der Waals surface area contributed by atoms with Crippen molar-refractivity contribution in [2.45, 2.75) is 25.7 Å². The summed E-state index contributed by atoms with van der Waals surface area (Å²) in [6.07, 6.45) is 2.22. The molecule has 18 heavy (non-hydrogen) atoms. The second kappa shape index (κ2) is 4.31. The van der Waals surface area contributed by atoms with Gasteiger partial charge in [-0.25, -0.2) is 4.39 Å². The first-order chi connectivity index (χ1) is 8.58. The quantitative estimate of drug-likeness (QED) is 0.833. The number of rotatable bonds is 2. The lowest BCUT2D eigenvalue weighted by Crippen LogP contribution is -2.03. The predicted molar refractivity (Wildman–Crippen MR) is 70.7 cm³/mol. The van der Waals surface area contributed by atoms with Gasteiger partial charge in [-0.2, -0.15) is 0 Å². The van der Waals surface area contributed by atoms with Gasteiger partial charge in [0, 0.05) is 5.92 Å². The van der Waals surface area contributed by atoms with Crippen molar-refractivity contribution in [2.75, 3.05) is 0 Å². The number of nitrogens with zero attached hydrogens (tertiary/aromatic N) is 3. The molecule has 1 heterocycles. The van der Waals surface area contributed by atoms with E-state index in [1.165, 1.54) is 6.07 Å². The zero-order chi connectivity index (χ0) is 12.9. The second-order valence-electron chi connectivity index (χ2n) is 4.49. The van der Waals surface area contributed by atoms with E-state index in [4.69, 9.17) is 11.6 Å². The fourth-order valence-corrected chi connectivity index (χ4v) is 2.53. The molecule has 1 aromatic carbocycles. The van der Waals surface area contributed by atoms with Gasteiger partial charge in [0.25, 0.3) is 0 Å². The molecule has 0 spiro atoms. The number of halogens is 3. The molecule has 0 N–H and O–H groups in total. The highest BCUT2D eigenvalue weighted by atomic mass is 79.9. The lowest BCUT2D eigenvalue weighted by molar-refractivity contribution is 0.619. The highest BCUT2D eigenvalue weighted by molar-refractivity contribution is 9.10. The number of benzene rings is 1. The summed E-state index contributed by atoms with van der Waals surface area (Å²) in [6, 6.07) is 3.19. The zero-order valence-corrected chi connectivity index (χ0v) is 12.0. The van der Waals surface area contributed by atoms with Crippen LogP contribution in [0.1, 0.15) is 30.1 Å². The summed E-state index contributed by atoms with van der Waals surface area (Å²) in [5.74, 6) is 1.00. The monoisotopic (exact) mass is 329 g/mol. The van der Waals surface area contributed by atoms with E-state index in [2.05, 4.69) is 26.1 Å². The average molecular weight is 331 g/mol. The molecule has 1 aliphatic rings. The van der Waals surface area contributed by atoms with Gasteiger partial charge in [-0.15, -0.1) is 10.2 Å². The molecule has 0 aliphatic heterocycles. The normalized spacial score (nSPS) is 15.1. The van der Waals surface area contributed by atoms with E-state index in [0.717, 1.165) is 29.9 Å². The molecule has 94 valence electrons. The molecule has 0 saturated heterocycles. The Morgan fingerprint density at radius 1 is 1.39 bits per heavy atom. The van der Waals surface area contributed by atoms with Gasteiger partial charge in [-0.05, 0) is 65.0 Å². The van der Waals surface area contributed by atoms with Crippen molar-refractivity contribution in [3.8, 4) is 5.69 Å². The van der Waals surface area contributed by atoms with Crippen LogP contribution in [0, 0.1) is 12.7 Å². The summed E-state index contributed by atoms with van der Waals surface area (Å²) >= 11 is 9.29. The van der Waals surface area contributed by atoms with E-state index >= 15 is 0 Å². The maximum atomic E-state index is 13.5. The topological polar surface area (TPSA) is 30.7 Å². The Bertz CT molecular complexity index is 622. The Kier molecular flexibility index (Phi) is 2.90. The van der Waals surface area contributed by atoms with Crippen LogP contribution in [0.3, 0.4) is 0 Å². The highest BCUT2D eigenvalue weighted by Crippen LogP contribution is 2.41. The van der Waals surface area contributed by atoms with Gasteiger partial charge in [0.2, 0.25) is 5.28 Å². The van der Waals surface area contributed by atoms with Crippen LogP contribution in [0.4, 0.5) is 4.39 Å². The molecular formula is C12H10BrClFN3. The third-order valence-electron chi connectivity index (χ3n) is 3.07. The van der Waals surface area contributed by atoms with Gasteiger partial charge in [0.15, 0.2) is 0 Å². The molecular weight excluding hydrogens is 321 g/mol. The van der Waals surface area contributed by atoms with E-state index in [9.17, 15) is 4.39 Å². The minimum absolute atomic E-state index is 0.284. The summed E-state index contributed by atoms with van der Waals surface area (Å²) in [5, 5.41) is 8.35. The van der Waals surface area contributed by atoms with E-state index in [1.54, 1.807) is 10.6 Å². The Hall–Kier alpha value is -0.940. The van der Waals surface area contributed by atoms with E-state index in [-0.39, 0.29) is 5.82 Å². The lowest BCUT2D eigenvalue weighted by atomic mass is 10.2. The standard InChI is InChI=1S/C12H10BrClFN3/c1-6-4-9(15)8(13)5-10(6)18-11(7-2-3-7)16-17-12(18)14/h4-5,7H,2-3H2,1H3. The van der Waals surface area contributed by atoms with Gasteiger partial charge in [-0.1, -0.05) is 0 Å². The Morgan fingerprint density at radius 2 is 2.11 bits per heavy atom. The van der Waals surface area contributed by atoms with E-state index < -0.39 is 0 Å². The molecule has 0 atom stereocenters. The van der Waals surface area contributed by atoms with Crippen LogP contribution >= 0.6 is 27.5 Å². The van der Waals surface area contributed by atoms with Gasteiger partial charge in [-0.3, -0.25) is 4.57 Å². The van der Waals surface area contributed by atoms with Crippen LogP contribution in [-0.4, -0.2) is 14.8 Å². The number of aryl methyl sites for hydroxylation is 1. The first-order valence-electron chi connectivity index (χ1n) is 5.64. The van der Waals surface area contributed by atoms with Crippen molar-refractivity contribution in [1.82, 2.24) is 14.8 Å². The third kappa shape index (κ3) is 1.95. The average Bonchev–Trinajstić information content (AvgIpc) is 3.09. The Morgan fingerprint density at radius 3 is 2.78 bits per heavy atom. The largest absolute Gasteiger partial charge is 0.269 e. The first kappa shape index (κ1) is 12.1. The molecule has 1 aromatic heterocycles. The van der Waals surface area contributed by atoms with Crippen molar-refractivity contribution < 1.29 is 4.39 Å². The number of hydrogen-bond donors (Lipinski definition) is 0. The molecule has 1 aliphatic carbocycles. The molecule has 0 unspecified atom stereocenters. The molecule has 2 aromatic rings. The van der Waals surface area contributed by atoms with Crippen LogP contribution in [0.2, 0.25) is 5.28 Å². The van der Waals surface area contributed by atoms with Gasteiger partial charge < -0.3 is 0 Å². The van der Waals surface area contributed by atoms with Gasteiger partial charge >= 0.3 is 0 Å². The molecule has 3 rings (SSSR count). The van der Waals surface area contributed by atoms with Crippen molar-refractivity contribution >= 4 is 27.5 Å². The van der Waals surface area contributed by atoms with Crippen molar-refractivity contribution in [1.29, 1.82) is 0 Å². The number of hydrogen-bond acceptors (Lipinski definition) is 2. The predicted octanol–water partition coefficient (Wildman–Crippen LogP) is 4.01. The molecule has 0 amide bonds. The second-order valence-corrected chi connectivity index (χ2v) is 5.68. The van der Waals surface area contributed by atoms with E-state index in [1.807, 2.05) is 6.92 Å². The molecule has 0 radical (unpaired) electrons. The van der Waals surface area contributed by atoms with Crippen molar-refractivity contribution in [3.05, 3.63) is 39.1 Å². The van der Waals surface area contributed by atoms with E-state index in [0.29, 0.717) is 15.7 Å². The highest BCUT2D eigenvalue weighted by Gasteiger charge is 2.31. The van der Waals surface area contributed by atoms with Gasteiger partial charge in [0.1, 0.15) is 11.6 Å². The van der Waals surface area contributed by atoms with Crippen LogP contribution < -0.4 is 0 Å². The fraction of sp³-hybridized carbons (Fsp3) is 0.333. The van der Waals surface area contributed by atoms with Crippen LogP contribution in [0.25, 0.3) is 5.69 Å². The first-order valence-corrected chi connectivity index (χ1v) is 6.82. The smallest absolute Gasteiger partial charge is 0.229 e. The minimum Gasteiger partial charge on any atom is -0.269 e. The number of aromatic nitrogens is 3. The molecule has 0 bridgehead atoms. The summed E-state index contributed by atoms with van der Waals surface area (Å²) in [4.78, 5) is 0. The van der Waals surface area contributed by atoms with Crippen LogP contribution in [-0.2, 0) is 0 Å². The van der Waals surface area contributed by atoms with Crippen molar-refractivity contribution in [3.63, 3.8) is 0 Å². The zero-order valence-electron chi connectivity index (χ0n) is 9.62. The molecule has 1 saturated carbocycles. The maximum Gasteiger partial charge on any atom is 0.229 e. The lowest BCUT2D eigenvalue weighted by Gasteiger charge is -2.11.